The molecular weight excluding hydrogens is 394 g/mol. The zero-order chi connectivity index (χ0) is 20.8. The molecule has 0 bridgehead atoms. The van der Waals surface area contributed by atoms with E-state index in [1.54, 1.807) is 6.08 Å². The Balaban J connectivity index is 1.25. The average Bonchev–Trinajstić information content (AvgIpc) is 3.18. The SMILES string of the molecule is O=C(/C=C/c1ccc(-c2ccccc2)cc1)OCCCc1c[nH]c2ccc(Cl)cc12. The van der Waals surface area contributed by atoms with E-state index in [0.29, 0.717) is 6.61 Å². The van der Waals surface area contributed by atoms with Gasteiger partial charge in [-0.1, -0.05) is 66.2 Å². The fraction of sp³-hybridized carbons (Fsp3) is 0.115. The van der Waals surface area contributed by atoms with Gasteiger partial charge in [-0.15, -0.1) is 0 Å². The van der Waals surface area contributed by atoms with Gasteiger partial charge < -0.3 is 9.72 Å². The number of aromatic nitrogens is 1. The summed E-state index contributed by atoms with van der Waals surface area (Å²) in [4.78, 5) is 15.2. The smallest absolute Gasteiger partial charge is 0.330 e. The fourth-order valence-corrected chi connectivity index (χ4v) is 3.59. The van der Waals surface area contributed by atoms with Crippen molar-refractivity contribution in [1.82, 2.24) is 4.98 Å². The number of esters is 1. The standard InChI is InChI=1S/C26H22ClNO2/c27-23-13-14-25-24(17-23)22(18-28-25)7-4-16-30-26(29)15-10-19-8-11-21(12-9-19)20-5-2-1-3-6-20/h1-3,5-6,8-15,17-18,28H,4,7,16H2/b15-10+. The quantitative estimate of drug-likeness (QED) is 0.208. The number of H-pyrrole nitrogens is 1. The molecule has 0 aliphatic rings. The molecule has 0 fully saturated rings. The molecule has 150 valence electrons. The van der Waals surface area contributed by atoms with Crippen molar-refractivity contribution in [2.24, 2.45) is 0 Å². The van der Waals surface area contributed by atoms with Gasteiger partial charge in [-0.2, -0.15) is 0 Å². The number of ether oxygens (including phenoxy) is 1. The number of carbonyl (C=O) groups is 1. The molecule has 0 atom stereocenters. The summed E-state index contributed by atoms with van der Waals surface area (Å²) in [6, 6.07) is 24.1. The summed E-state index contributed by atoms with van der Waals surface area (Å²) >= 11 is 6.08. The second-order valence-corrected chi connectivity index (χ2v) is 7.53. The highest BCUT2D eigenvalue weighted by atomic mass is 35.5. The van der Waals surface area contributed by atoms with Crippen LogP contribution in [-0.2, 0) is 16.0 Å². The number of nitrogens with one attached hydrogen (secondary N) is 1. The summed E-state index contributed by atoms with van der Waals surface area (Å²) in [6.45, 7) is 0.378. The third-order valence-electron chi connectivity index (χ3n) is 4.99. The molecule has 0 spiro atoms. The van der Waals surface area contributed by atoms with E-state index in [1.807, 2.05) is 66.9 Å². The molecule has 0 saturated carbocycles. The van der Waals surface area contributed by atoms with Gasteiger partial charge >= 0.3 is 5.97 Å². The Morgan fingerprint density at radius 3 is 2.53 bits per heavy atom. The van der Waals surface area contributed by atoms with Gasteiger partial charge in [0.05, 0.1) is 6.61 Å². The predicted molar refractivity (Wildman–Crippen MR) is 124 cm³/mol. The number of fused-ring (bicyclic) bond motifs is 1. The molecule has 0 saturated heterocycles. The first kappa shape index (κ1) is 20.0. The van der Waals surface area contributed by atoms with Gasteiger partial charge in [0.2, 0.25) is 0 Å². The maximum absolute atomic E-state index is 12.0. The lowest BCUT2D eigenvalue weighted by atomic mass is 10.0. The summed E-state index contributed by atoms with van der Waals surface area (Å²) in [5.74, 6) is -0.330. The van der Waals surface area contributed by atoms with Gasteiger partial charge in [-0.3, -0.25) is 0 Å². The molecule has 0 amide bonds. The Kier molecular flexibility index (Phi) is 6.31. The number of aromatic amines is 1. The van der Waals surface area contributed by atoms with Crippen LogP contribution in [-0.4, -0.2) is 17.6 Å². The normalized spacial score (nSPS) is 11.2. The summed E-state index contributed by atoms with van der Waals surface area (Å²) in [7, 11) is 0. The average molecular weight is 416 g/mol. The van der Waals surface area contributed by atoms with E-state index in [-0.39, 0.29) is 5.97 Å². The van der Waals surface area contributed by atoms with Crippen LogP contribution in [0.1, 0.15) is 17.5 Å². The van der Waals surface area contributed by atoms with Crippen LogP contribution in [0.3, 0.4) is 0 Å². The summed E-state index contributed by atoms with van der Waals surface area (Å²) < 4.78 is 5.33. The number of hydrogen-bond donors (Lipinski definition) is 1. The number of rotatable bonds is 7. The summed E-state index contributed by atoms with van der Waals surface area (Å²) in [5, 5.41) is 1.84. The molecule has 3 nitrogen and oxygen atoms in total. The maximum Gasteiger partial charge on any atom is 0.330 e. The molecule has 0 aliphatic heterocycles. The molecule has 4 heteroatoms. The van der Waals surface area contributed by atoms with Crippen LogP contribution in [0.4, 0.5) is 0 Å². The zero-order valence-corrected chi connectivity index (χ0v) is 17.2. The van der Waals surface area contributed by atoms with Crippen molar-refractivity contribution in [3.05, 3.63) is 101 Å². The maximum atomic E-state index is 12.0. The summed E-state index contributed by atoms with van der Waals surface area (Å²) in [5.41, 5.74) is 5.52. The van der Waals surface area contributed by atoms with Gasteiger partial charge in [0.15, 0.2) is 0 Å². The Bertz CT molecular complexity index is 1160. The third kappa shape index (κ3) is 5.00. The van der Waals surface area contributed by atoms with E-state index in [1.165, 1.54) is 17.2 Å². The lowest BCUT2D eigenvalue weighted by Crippen LogP contribution is -2.03. The number of halogens is 1. The van der Waals surface area contributed by atoms with E-state index >= 15 is 0 Å². The number of benzene rings is 3. The largest absolute Gasteiger partial charge is 0.463 e. The molecule has 30 heavy (non-hydrogen) atoms. The highest BCUT2D eigenvalue weighted by molar-refractivity contribution is 6.31. The highest BCUT2D eigenvalue weighted by Crippen LogP contribution is 2.23. The number of carbonyl (C=O) groups excluding carboxylic acids is 1. The van der Waals surface area contributed by atoms with Crippen molar-refractivity contribution in [1.29, 1.82) is 0 Å². The first-order valence-corrected chi connectivity index (χ1v) is 10.3. The molecule has 4 aromatic rings. The van der Waals surface area contributed by atoms with Crippen molar-refractivity contribution in [2.45, 2.75) is 12.8 Å². The van der Waals surface area contributed by atoms with Crippen LogP contribution < -0.4 is 0 Å². The molecular formula is C26H22ClNO2. The van der Waals surface area contributed by atoms with Gasteiger partial charge in [-0.25, -0.2) is 4.79 Å². The van der Waals surface area contributed by atoms with Crippen LogP contribution in [0.5, 0.6) is 0 Å². The molecule has 0 aliphatic carbocycles. The van der Waals surface area contributed by atoms with E-state index in [0.717, 1.165) is 39.9 Å². The zero-order valence-electron chi connectivity index (χ0n) is 16.5. The van der Waals surface area contributed by atoms with E-state index in [9.17, 15) is 4.79 Å². The molecule has 0 unspecified atom stereocenters. The molecule has 3 aromatic carbocycles. The summed E-state index contributed by atoms with van der Waals surface area (Å²) in [6.07, 6.45) is 6.81. The highest BCUT2D eigenvalue weighted by Gasteiger charge is 2.05. The molecule has 1 N–H and O–H groups in total. The first-order valence-electron chi connectivity index (χ1n) is 9.95. The van der Waals surface area contributed by atoms with E-state index in [2.05, 4.69) is 17.1 Å². The van der Waals surface area contributed by atoms with Gasteiger partial charge in [0.1, 0.15) is 0 Å². The van der Waals surface area contributed by atoms with Crippen molar-refractivity contribution in [2.75, 3.05) is 6.61 Å². The van der Waals surface area contributed by atoms with Gasteiger partial charge in [0.25, 0.3) is 0 Å². The monoisotopic (exact) mass is 415 g/mol. The number of hydrogen-bond acceptors (Lipinski definition) is 2. The molecule has 4 rings (SSSR count). The topological polar surface area (TPSA) is 42.1 Å². The van der Waals surface area contributed by atoms with Gasteiger partial charge in [-0.05, 0) is 59.4 Å². The molecule has 1 aromatic heterocycles. The number of aryl methyl sites for hydroxylation is 1. The van der Waals surface area contributed by atoms with Crippen LogP contribution in [0, 0.1) is 0 Å². The lowest BCUT2D eigenvalue weighted by Gasteiger charge is -2.03. The van der Waals surface area contributed by atoms with Crippen LogP contribution in [0.15, 0.2) is 85.1 Å². The van der Waals surface area contributed by atoms with Crippen molar-refractivity contribution in [3.63, 3.8) is 0 Å². The van der Waals surface area contributed by atoms with Gasteiger partial charge in [0, 0.05) is 28.2 Å². The van der Waals surface area contributed by atoms with E-state index in [4.69, 9.17) is 16.3 Å². The van der Waals surface area contributed by atoms with Crippen molar-refractivity contribution in [3.8, 4) is 11.1 Å². The van der Waals surface area contributed by atoms with Crippen molar-refractivity contribution < 1.29 is 9.53 Å². The third-order valence-corrected chi connectivity index (χ3v) is 5.23. The minimum absolute atomic E-state index is 0.330. The molecule has 1 heterocycles. The second-order valence-electron chi connectivity index (χ2n) is 7.10. The minimum atomic E-state index is -0.330. The minimum Gasteiger partial charge on any atom is -0.463 e. The Hall–Kier alpha value is -3.30. The van der Waals surface area contributed by atoms with Crippen LogP contribution in [0.2, 0.25) is 5.02 Å². The van der Waals surface area contributed by atoms with Crippen molar-refractivity contribution >= 4 is 34.5 Å². The Labute approximate surface area is 181 Å². The Morgan fingerprint density at radius 2 is 1.73 bits per heavy atom. The Morgan fingerprint density at radius 1 is 0.967 bits per heavy atom. The lowest BCUT2D eigenvalue weighted by molar-refractivity contribution is -0.137. The van der Waals surface area contributed by atoms with Crippen LogP contribution in [0.25, 0.3) is 28.1 Å². The fourth-order valence-electron chi connectivity index (χ4n) is 3.42. The second kappa shape index (κ2) is 9.47. The molecule has 0 radical (unpaired) electrons. The van der Waals surface area contributed by atoms with E-state index < -0.39 is 0 Å². The predicted octanol–water partition coefficient (Wildman–Crippen LogP) is 6.68. The first-order chi connectivity index (χ1) is 14.7. The van der Waals surface area contributed by atoms with Crippen LogP contribution >= 0.6 is 11.6 Å².